The maximum Gasteiger partial charge on any atom is 0.410 e. The summed E-state index contributed by atoms with van der Waals surface area (Å²) in [4.78, 5) is 42.9. The Hall–Kier alpha value is -3.04. The average Bonchev–Trinajstić information content (AvgIpc) is 2.84. The van der Waals surface area contributed by atoms with E-state index >= 15 is 4.39 Å². The number of piperidine rings is 1. The summed E-state index contributed by atoms with van der Waals surface area (Å²) in [7, 11) is 0. The minimum atomic E-state index is -1.33. The van der Waals surface area contributed by atoms with Crippen molar-refractivity contribution < 1.29 is 33.0 Å². The number of carbonyl (C=O) groups is 3. The van der Waals surface area contributed by atoms with E-state index in [-0.39, 0.29) is 23.5 Å². The van der Waals surface area contributed by atoms with Crippen LogP contribution in [0, 0.1) is 11.7 Å². The van der Waals surface area contributed by atoms with Gasteiger partial charge in [0.1, 0.15) is 5.60 Å². The molecule has 2 aliphatic rings. The topological polar surface area (TPSA) is 88.6 Å². The van der Waals surface area contributed by atoms with Crippen molar-refractivity contribution in [2.75, 3.05) is 50.8 Å². The van der Waals surface area contributed by atoms with Crippen LogP contribution in [0.4, 0.5) is 14.9 Å². The van der Waals surface area contributed by atoms with E-state index in [0.29, 0.717) is 58.0 Å². The van der Waals surface area contributed by atoms with Gasteiger partial charge in [0.15, 0.2) is 17.2 Å². The number of benzene rings is 1. The molecule has 2 amide bonds. The number of esters is 1. The molecule has 10 heteroatoms. The van der Waals surface area contributed by atoms with Crippen molar-refractivity contribution in [2.24, 2.45) is 5.92 Å². The van der Waals surface area contributed by atoms with Gasteiger partial charge in [0, 0.05) is 39.3 Å². The van der Waals surface area contributed by atoms with Gasteiger partial charge in [0.2, 0.25) is 0 Å². The molecule has 2 saturated heterocycles. The SMILES string of the molecule is CCOC(=O)[C@@H]1CCCN(c2cccc(OC(C)(C)C(=O)N3CCN(C(=O)OC(C)(C)C)CC3)c2F)C1. The molecule has 2 fully saturated rings. The maximum atomic E-state index is 15.6. The van der Waals surface area contributed by atoms with E-state index in [9.17, 15) is 14.4 Å². The number of halogens is 1. The van der Waals surface area contributed by atoms with Crippen LogP contribution in [0.3, 0.4) is 0 Å². The molecule has 1 aromatic rings. The van der Waals surface area contributed by atoms with E-state index in [1.807, 2.05) is 25.7 Å². The summed E-state index contributed by atoms with van der Waals surface area (Å²) >= 11 is 0. The first-order valence-corrected chi connectivity index (χ1v) is 13.0. The Morgan fingerprint density at radius 1 is 1.00 bits per heavy atom. The van der Waals surface area contributed by atoms with Crippen LogP contribution in [0.15, 0.2) is 18.2 Å². The zero-order chi connectivity index (χ0) is 27.4. The molecule has 0 N–H and O–H groups in total. The van der Waals surface area contributed by atoms with Gasteiger partial charge in [-0.1, -0.05) is 6.07 Å². The lowest BCUT2D eigenvalue weighted by Gasteiger charge is -2.39. The highest BCUT2D eigenvalue weighted by Gasteiger charge is 2.38. The molecule has 1 atom stereocenters. The van der Waals surface area contributed by atoms with E-state index in [1.165, 1.54) is 6.07 Å². The highest BCUT2D eigenvalue weighted by Crippen LogP contribution is 2.33. The number of piperazine rings is 1. The molecule has 9 nitrogen and oxygen atoms in total. The van der Waals surface area contributed by atoms with Crippen molar-refractivity contribution in [2.45, 2.75) is 65.6 Å². The fourth-order valence-electron chi connectivity index (χ4n) is 4.59. The molecular weight excluding hydrogens is 481 g/mol. The van der Waals surface area contributed by atoms with E-state index in [0.717, 1.165) is 6.42 Å². The van der Waals surface area contributed by atoms with Crippen molar-refractivity contribution in [3.05, 3.63) is 24.0 Å². The van der Waals surface area contributed by atoms with Gasteiger partial charge in [0.05, 0.1) is 18.2 Å². The Bertz CT molecular complexity index is 985. The lowest BCUT2D eigenvalue weighted by molar-refractivity contribution is -0.148. The summed E-state index contributed by atoms with van der Waals surface area (Å²) in [5, 5.41) is 0. The summed E-state index contributed by atoms with van der Waals surface area (Å²) in [5.41, 5.74) is -1.59. The standard InChI is InChI=1S/C27H40FN3O6/c1-7-35-23(32)19-10-9-13-31(18-19)20-11-8-12-21(22(20)28)36-27(5,6)24(33)29-14-16-30(17-15-29)25(34)37-26(2,3)4/h8,11-12,19H,7,9-10,13-18H2,1-6H3/t19-/m1/s1. The third-order valence-electron chi connectivity index (χ3n) is 6.42. The largest absolute Gasteiger partial charge is 0.475 e. The Morgan fingerprint density at radius 2 is 1.65 bits per heavy atom. The number of nitrogens with zero attached hydrogens (tertiary/aromatic N) is 3. The highest BCUT2D eigenvalue weighted by molar-refractivity contribution is 5.85. The Morgan fingerprint density at radius 3 is 2.27 bits per heavy atom. The summed E-state index contributed by atoms with van der Waals surface area (Å²) in [6.07, 6.45) is 1.04. The molecule has 0 bridgehead atoms. The van der Waals surface area contributed by atoms with Crippen LogP contribution in [0.2, 0.25) is 0 Å². The second-order valence-electron chi connectivity index (χ2n) is 11.0. The molecule has 3 rings (SSSR count). The van der Waals surface area contributed by atoms with Crippen LogP contribution in [0.5, 0.6) is 5.75 Å². The Labute approximate surface area is 218 Å². The zero-order valence-electron chi connectivity index (χ0n) is 22.8. The number of anilines is 1. The Kier molecular flexibility index (Phi) is 8.92. The predicted octanol–water partition coefficient (Wildman–Crippen LogP) is 3.84. The first kappa shape index (κ1) is 28.5. The molecule has 0 saturated carbocycles. The number of ether oxygens (including phenoxy) is 3. The normalized spacial score (nSPS) is 18.9. The lowest BCUT2D eigenvalue weighted by Crippen LogP contribution is -2.57. The monoisotopic (exact) mass is 521 g/mol. The lowest BCUT2D eigenvalue weighted by atomic mass is 9.97. The highest BCUT2D eigenvalue weighted by atomic mass is 19.1. The van der Waals surface area contributed by atoms with Gasteiger partial charge in [0.25, 0.3) is 5.91 Å². The molecular formula is C27H40FN3O6. The summed E-state index contributed by atoms with van der Waals surface area (Å²) < 4.78 is 32.1. The van der Waals surface area contributed by atoms with Crippen molar-refractivity contribution in [3.8, 4) is 5.75 Å². The van der Waals surface area contributed by atoms with Crippen LogP contribution in [-0.2, 0) is 19.1 Å². The van der Waals surface area contributed by atoms with Gasteiger partial charge in [-0.05, 0) is 66.5 Å². The molecule has 2 aliphatic heterocycles. The van der Waals surface area contributed by atoms with Gasteiger partial charge < -0.3 is 28.9 Å². The van der Waals surface area contributed by atoms with Crippen LogP contribution in [0.1, 0.15) is 54.4 Å². The van der Waals surface area contributed by atoms with Crippen LogP contribution in [-0.4, -0.2) is 84.8 Å². The second kappa shape index (κ2) is 11.6. The molecule has 1 aromatic carbocycles. The number of carbonyl (C=O) groups excluding carboxylic acids is 3. The van der Waals surface area contributed by atoms with Crippen LogP contribution >= 0.6 is 0 Å². The fourth-order valence-corrected chi connectivity index (χ4v) is 4.59. The first-order chi connectivity index (χ1) is 17.3. The van der Waals surface area contributed by atoms with Crippen molar-refractivity contribution >= 4 is 23.7 Å². The first-order valence-electron chi connectivity index (χ1n) is 13.0. The molecule has 0 aromatic heterocycles. The maximum absolute atomic E-state index is 15.6. The smallest absolute Gasteiger partial charge is 0.410 e. The van der Waals surface area contributed by atoms with Gasteiger partial charge in [-0.2, -0.15) is 0 Å². The van der Waals surface area contributed by atoms with Gasteiger partial charge in [-0.3, -0.25) is 9.59 Å². The van der Waals surface area contributed by atoms with Crippen molar-refractivity contribution in [1.82, 2.24) is 9.80 Å². The minimum Gasteiger partial charge on any atom is -0.475 e. The third-order valence-corrected chi connectivity index (χ3v) is 6.42. The molecule has 0 aliphatic carbocycles. The molecule has 206 valence electrons. The quantitative estimate of drug-likeness (QED) is 0.526. The van der Waals surface area contributed by atoms with E-state index in [1.54, 1.807) is 42.7 Å². The minimum absolute atomic E-state index is 0.0264. The summed E-state index contributed by atoms with van der Waals surface area (Å²) in [6, 6.07) is 4.84. The molecule has 0 spiro atoms. The van der Waals surface area contributed by atoms with E-state index in [2.05, 4.69) is 0 Å². The molecule has 2 heterocycles. The average molecular weight is 522 g/mol. The van der Waals surface area contributed by atoms with Crippen molar-refractivity contribution in [3.63, 3.8) is 0 Å². The fraction of sp³-hybridized carbons (Fsp3) is 0.667. The number of hydrogen-bond acceptors (Lipinski definition) is 7. The molecule has 37 heavy (non-hydrogen) atoms. The second-order valence-corrected chi connectivity index (χ2v) is 11.0. The van der Waals surface area contributed by atoms with E-state index in [4.69, 9.17) is 14.2 Å². The predicted molar refractivity (Wildman–Crippen MR) is 137 cm³/mol. The third kappa shape index (κ3) is 7.26. The number of amides is 2. The molecule has 0 unspecified atom stereocenters. The zero-order valence-corrected chi connectivity index (χ0v) is 22.8. The summed E-state index contributed by atoms with van der Waals surface area (Å²) in [5.74, 6) is -1.46. The van der Waals surface area contributed by atoms with Crippen LogP contribution < -0.4 is 9.64 Å². The Balaban J connectivity index is 1.64. The van der Waals surface area contributed by atoms with Crippen molar-refractivity contribution in [1.29, 1.82) is 0 Å². The number of hydrogen-bond donors (Lipinski definition) is 0. The summed E-state index contributed by atoms with van der Waals surface area (Å²) in [6.45, 7) is 13.0. The molecule has 0 radical (unpaired) electrons. The van der Waals surface area contributed by atoms with Gasteiger partial charge in [-0.15, -0.1) is 0 Å². The van der Waals surface area contributed by atoms with Gasteiger partial charge in [-0.25, -0.2) is 9.18 Å². The van der Waals surface area contributed by atoms with Gasteiger partial charge >= 0.3 is 12.1 Å². The van der Waals surface area contributed by atoms with Crippen LogP contribution in [0.25, 0.3) is 0 Å². The number of rotatable bonds is 6. The van der Waals surface area contributed by atoms with E-state index < -0.39 is 23.1 Å².